The summed E-state index contributed by atoms with van der Waals surface area (Å²) in [6.07, 6.45) is 10.4. The molecule has 2 N–H and O–H groups in total. The van der Waals surface area contributed by atoms with E-state index >= 15 is 0 Å². The molecule has 0 rings (SSSR count). The molecule has 1 amide bonds. The zero-order chi connectivity index (χ0) is 17.5. The number of carbonyl (C=O) groups is 3. The fraction of sp³-hybridized carbons (Fsp3) is 0.824. The molecule has 0 spiro atoms. The van der Waals surface area contributed by atoms with Gasteiger partial charge in [0.25, 0.3) is 0 Å². The molecule has 0 heterocycles. The van der Waals surface area contributed by atoms with Crippen LogP contribution in [0.1, 0.15) is 77.6 Å². The van der Waals surface area contributed by atoms with Crippen LogP contribution in [0.15, 0.2) is 0 Å². The fourth-order valence-electron chi connectivity index (χ4n) is 2.43. The normalized spacial score (nSPS) is 10.0. The monoisotopic (exact) mass is 353 g/mol. The predicted octanol–water partition coefficient (Wildman–Crippen LogP) is 2.65. The summed E-state index contributed by atoms with van der Waals surface area (Å²) in [5, 5.41) is 17.4. The number of amides is 1. The Hall–Kier alpha value is -0.590. The second-order valence-corrected chi connectivity index (χ2v) is 5.93. The van der Waals surface area contributed by atoms with Gasteiger partial charge in [-0.25, -0.2) is 0 Å². The standard InChI is InChI=1S/C17H31NO5.Na.H/c1-2-3-4-5-6-7-8-9-10-11-15(19)18(14-17(22)23)13-12-16(20)21;;/h2-14H2,1H3,(H,20,21)(H,22,23);;. The van der Waals surface area contributed by atoms with Crippen molar-refractivity contribution in [2.75, 3.05) is 13.1 Å². The van der Waals surface area contributed by atoms with E-state index in [9.17, 15) is 14.4 Å². The zero-order valence-corrected chi connectivity index (χ0v) is 14.3. The van der Waals surface area contributed by atoms with Crippen molar-refractivity contribution in [1.82, 2.24) is 4.90 Å². The van der Waals surface area contributed by atoms with Gasteiger partial charge in [0.15, 0.2) is 0 Å². The molecule has 0 bridgehead atoms. The Morgan fingerprint density at radius 1 is 0.750 bits per heavy atom. The van der Waals surface area contributed by atoms with Crippen molar-refractivity contribution < 1.29 is 24.6 Å². The average Bonchev–Trinajstić information content (AvgIpc) is 2.49. The van der Waals surface area contributed by atoms with Gasteiger partial charge in [0.05, 0.1) is 6.42 Å². The summed E-state index contributed by atoms with van der Waals surface area (Å²) in [5.74, 6) is -2.41. The van der Waals surface area contributed by atoms with Crippen LogP contribution in [0.3, 0.4) is 0 Å². The van der Waals surface area contributed by atoms with Gasteiger partial charge in [-0.15, -0.1) is 0 Å². The molecule has 0 atom stereocenters. The third kappa shape index (κ3) is 16.3. The summed E-state index contributed by atoms with van der Waals surface area (Å²) in [6.45, 7) is 1.72. The van der Waals surface area contributed by atoms with Gasteiger partial charge < -0.3 is 15.1 Å². The van der Waals surface area contributed by atoms with Crippen LogP contribution in [0.2, 0.25) is 0 Å². The maximum absolute atomic E-state index is 12.0. The molecule has 0 aliphatic heterocycles. The molecular formula is C17H32NNaO5. The molecule has 136 valence electrons. The van der Waals surface area contributed by atoms with Crippen molar-refractivity contribution in [3.8, 4) is 0 Å². The molecule has 0 saturated carbocycles. The van der Waals surface area contributed by atoms with E-state index in [4.69, 9.17) is 10.2 Å². The van der Waals surface area contributed by atoms with E-state index in [-0.39, 0.29) is 48.4 Å². The minimum atomic E-state index is -1.11. The fourth-order valence-corrected chi connectivity index (χ4v) is 2.43. The quantitative estimate of drug-likeness (QED) is 0.349. The molecule has 0 aromatic rings. The summed E-state index contributed by atoms with van der Waals surface area (Å²) >= 11 is 0. The van der Waals surface area contributed by atoms with Crippen LogP contribution < -0.4 is 0 Å². The predicted molar refractivity (Wildman–Crippen MR) is 95.5 cm³/mol. The topological polar surface area (TPSA) is 94.9 Å². The Morgan fingerprint density at radius 3 is 1.71 bits per heavy atom. The number of carboxylic acids is 2. The second kappa shape index (κ2) is 17.2. The number of unbranched alkanes of at least 4 members (excludes halogenated alkanes) is 8. The molecule has 0 unspecified atom stereocenters. The van der Waals surface area contributed by atoms with Crippen LogP contribution in [-0.4, -0.2) is 75.6 Å². The molecule has 0 saturated heterocycles. The van der Waals surface area contributed by atoms with Gasteiger partial charge >= 0.3 is 41.5 Å². The Kier molecular flexibility index (Phi) is 18.4. The summed E-state index contributed by atoms with van der Waals surface area (Å²) in [5.41, 5.74) is 0. The summed E-state index contributed by atoms with van der Waals surface area (Å²) in [4.78, 5) is 34.4. The van der Waals surface area contributed by atoms with Gasteiger partial charge in [-0.2, -0.15) is 0 Å². The van der Waals surface area contributed by atoms with E-state index in [1.165, 1.54) is 38.5 Å². The van der Waals surface area contributed by atoms with E-state index in [0.717, 1.165) is 24.2 Å². The van der Waals surface area contributed by atoms with Crippen LogP contribution in [0.5, 0.6) is 0 Å². The van der Waals surface area contributed by atoms with Crippen molar-refractivity contribution >= 4 is 47.4 Å². The van der Waals surface area contributed by atoms with E-state index in [1.54, 1.807) is 0 Å². The second-order valence-electron chi connectivity index (χ2n) is 5.93. The first-order valence-corrected chi connectivity index (χ1v) is 8.68. The number of rotatable bonds is 15. The van der Waals surface area contributed by atoms with Crippen LogP contribution >= 0.6 is 0 Å². The average molecular weight is 353 g/mol. The van der Waals surface area contributed by atoms with E-state index < -0.39 is 18.5 Å². The summed E-state index contributed by atoms with van der Waals surface area (Å²) in [7, 11) is 0. The first-order chi connectivity index (χ1) is 11.0. The Bertz CT molecular complexity index is 363. The number of hydrogen-bond acceptors (Lipinski definition) is 3. The SMILES string of the molecule is CCCCCCCCCCCC(=O)N(CCC(=O)O)CC(=O)O.[NaH]. The molecule has 6 nitrogen and oxygen atoms in total. The van der Waals surface area contributed by atoms with Crippen LogP contribution in [-0.2, 0) is 14.4 Å². The van der Waals surface area contributed by atoms with Gasteiger partial charge in [-0.3, -0.25) is 14.4 Å². The number of hydrogen-bond donors (Lipinski definition) is 2. The van der Waals surface area contributed by atoms with E-state index in [2.05, 4.69) is 6.92 Å². The molecule has 0 fully saturated rings. The summed E-state index contributed by atoms with van der Waals surface area (Å²) in [6, 6.07) is 0. The Balaban J connectivity index is 0. The Morgan fingerprint density at radius 2 is 1.25 bits per heavy atom. The molecule has 0 aromatic heterocycles. The molecule has 0 aliphatic carbocycles. The van der Waals surface area contributed by atoms with Gasteiger partial charge in [-0.1, -0.05) is 58.3 Å². The van der Waals surface area contributed by atoms with E-state index in [1.807, 2.05) is 0 Å². The molecular weight excluding hydrogens is 321 g/mol. The number of nitrogens with zero attached hydrogens (tertiary/aromatic N) is 1. The van der Waals surface area contributed by atoms with Crippen molar-refractivity contribution in [2.45, 2.75) is 77.6 Å². The number of carboxylic acid groups (broad SMARTS) is 2. The van der Waals surface area contributed by atoms with Crippen LogP contribution in [0.4, 0.5) is 0 Å². The third-order valence-electron chi connectivity index (χ3n) is 3.77. The van der Waals surface area contributed by atoms with Gasteiger partial charge in [0.1, 0.15) is 6.54 Å². The molecule has 0 radical (unpaired) electrons. The van der Waals surface area contributed by atoms with E-state index in [0.29, 0.717) is 6.42 Å². The molecule has 0 aromatic carbocycles. The van der Waals surface area contributed by atoms with Crippen LogP contribution in [0.25, 0.3) is 0 Å². The molecule has 7 heteroatoms. The third-order valence-corrected chi connectivity index (χ3v) is 3.77. The van der Waals surface area contributed by atoms with Crippen molar-refractivity contribution in [2.24, 2.45) is 0 Å². The summed E-state index contributed by atoms with van der Waals surface area (Å²) < 4.78 is 0. The van der Waals surface area contributed by atoms with Gasteiger partial charge in [0.2, 0.25) is 5.91 Å². The van der Waals surface area contributed by atoms with Crippen LogP contribution in [0, 0.1) is 0 Å². The molecule has 24 heavy (non-hydrogen) atoms. The van der Waals surface area contributed by atoms with Crippen molar-refractivity contribution in [1.29, 1.82) is 0 Å². The van der Waals surface area contributed by atoms with Gasteiger partial charge in [-0.05, 0) is 6.42 Å². The molecule has 0 aliphatic rings. The maximum atomic E-state index is 12.0. The van der Waals surface area contributed by atoms with Gasteiger partial charge in [0, 0.05) is 13.0 Å². The number of aliphatic carboxylic acids is 2. The first-order valence-electron chi connectivity index (χ1n) is 8.68. The van der Waals surface area contributed by atoms with Crippen molar-refractivity contribution in [3.63, 3.8) is 0 Å². The Labute approximate surface area is 167 Å². The van der Waals surface area contributed by atoms with Crippen molar-refractivity contribution in [3.05, 3.63) is 0 Å². The zero-order valence-electron chi connectivity index (χ0n) is 14.3. The number of carbonyl (C=O) groups excluding carboxylic acids is 1. The minimum absolute atomic E-state index is 0. The first kappa shape index (κ1) is 25.6.